The maximum atomic E-state index is 12.9. The molecule has 0 atom stereocenters. The molecule has 1 heterocycles. The van der Waals surface area contributed by atoms with E-state index in [4.69, 9.17) is 4.74 Å². The summed E-state index contributed by atoms with van der Waals surface area (Å²) in [5.74, 6) is 1.37. The normalized spacial score (nSPS) is 14.3. The molecule has 2 amide bonds. The van der Waals surface area contributed by atoms with Crippen LogP contribution in [0.25, 0.3) is 0 Å². The molecule has 39 heavy (non-hydrogen) atoms. The largest absolute Gasteiger partial charge is 0.457 e. The van der Waals surface area contributed by atoms with Crippen LogP contribution in [0, 0.1) is 0 Å². The van der Waals surface area contributed by atoms with E-state index >= 15 is 0 Å². The molecule has 2 aromatic rings. The molecule has 0 spiro atoms. The minimum absolute atomic E-state index is 0. The third-order valence-electron chi connectivity index (χ3n) is 6.79. The highest BCUT2D eigenvalue weighted by molar-refractivity contribution is 7.92. The molecule has 0 aromatic heterocycles. The summed E-state index contributed by atoms with van der Waals surface area (Å²) in [5.41, 5.74) is 1.72. The van der Waals surface area contributed by atoms with E-state index in [2.05, 4.69) is 45.8 Å². The van der Waals surface area contributed by atoms with Crippen molar-refractivity contribution in [2.75, 3.05) is 37.2 Å². The lowest BCUT2D eigenvalue weighted by Crippen LogP contribution is -2.51. The van der Waals surface area contributed by atoms with Crippen LogP contribution in [0.3, 0.4) is 0 Å². The number of halogens is 1. The zero-order valence-corrected chi connectivity index (χ0v) is 25.2. The van der Waals surface area contributed by atoms with Gasteiger partial charge in [0.15, 0.2) is 0 Å². The van der Waals surface area contributed by atoms with Crippen LogP contribution in [0.4, 0.5) is 10.5 Å². The number of benzene rings is 2. The second-order valence-electron chi connectivity index (χ2n) is 10.1. The van der Waals surface area contributed by atoms with Gasteiger partial charge in [-0.3, -0.25) is 9.62 Å². The lowest BCUT2D eigenvalue weighted by molar-refractivity contribution is 0.116. The number of ether oxygens (including phenoxy) is 1. The van der Waals surface area contributed by atoms with E-state index in [1.165, 1.54) is 5.56 Å². The van der Waals surface area contributed by atoms with E-state index in [9.17, 15) is 13.2 Å². The number of likely N-dealkylation sites (tertiary alicyclic amines) is 1. The number of piperidine rings is 1. The Balaban J connectivity index is 0.00000533. The van der Waals surface area contributed by atoms with Crippen LogP contribution in [0.5, 0.6) is 11.5 Å². The number of anilines is 1. The predicted octanol–water partition coefficient (Wildman–Crippen LogP) is 6.24. The molecule has 0 bridgehead atoms. The van der Waals surface area contributed by atoms with Crippen molar-refractivity contribution in [3.8, 4) is 11.5 Å². The topological polar surface area (TPSA) is 91.0 Å². The van der Waals surface area contributed by atoms with E-state index in [1.807, 2.05) is 12.1 Å². The summed E-state index contributed by atoms with van der Waals surface area (Å²) in [6.45, 7) is 8.76. The SMILES string of the molecule is CCCCCN(C(=O)NCCCC)C1CCN(Cc2ccc(Oc3ccc(NS(C)(=O)=O)cc3)cc2)CC1.Cl. The molecule has 1 aliphatic heterocycles. The van der Waals surface area contributed by atoms with Crippen LogP contribution >= 0.6 is 12.4 Å². The first-order valence-corrected chi connectivity index (χ1v) is 15.8. The quantitative estimate of drug-likeness (QED) is 0.258. The fourth-order valence-corrected chi connectivity index (χ4v) is 5.27. The Morgan fingerprint density at radius 3 is 2.10 bits per heavy atom. The Kier molecular flexibility index (Phi) is 13.9. The van der Waals surface area contributed by atoms with Crippen LogP contribution < -0.4 is 14.8 Å². The van der Waals surface area contributed by atoms with Crippen LogP contribution in [0.1, 0.15) is 64.4 Å². The molecule has 8 nitrogen and oxygen atoms in total. The fraction of sp³-hybridized carbons (Fsp3) is 0.552. The minimum atomic E-state index is -3.30. The first-order chi connectivity index (χ1) is 18.3. The van der Waals surface area contributed by atoms with Crippen molar-refractivity contribution in [3.05, 3.63) is 54.1 Å². The number of unbranched alkanes of at least 4 members (excludes halogenated alkanes) is 3. The third-order valence-corrected chi connectivity index (χ3v) is 7.40. The van der Waals surface area contributed by atoms with Crippen molar-refractivity contribution in [1.29, 1.82) is 0 Å². The molecule has 2 aromatic carbocycles. The Bertz CT molecular complexity index is 1090. The van der Waals surface area contributed by atoms with Gasteiger partial charge in [-0.2, -0.15) is 0 Å². The van der Waals surface area contributed by atoms with Crippen LogP contribution in [-0.2, 0) is 16.6 Å². The molecule has 3 rings (SSSR count). The van der Waals surface area contributed by atoms with E-state index in [1.54, 1.807) is 24.3 Å². The number of hydrogen-bond acceptors (Lipinski definition) is 5. The molecule has 0 unspecified atom stereocenters. The van der Waals surface area contributed by atoms with Crippen LogP contribution in [-0.4, -0.2) is 62.7 Å². The van der Waals surface area contributed by atoms with Gasteiger partial charge >= 0.3 is 6.03 Å². The molecule has 1 saturated heterocycles. The van der Waals surface area contributed by atoms with Gasteiger partial charge in [0.25, 0.3) is 0 Å². The zero-order valence-electron chi connectivity index (χ0n) is 23.5. The average molecular weight is 581 g/mol. The van der Waals surface area contributed by atoms with Crippen molar-refractivity contribution < 1.29 is 17.9 Å². The van der Waals surface area contributed by atoms with Gasteiger partial charge in [0.1, 0.15) is 11.5 Å². The minimum Gasteiger partial charge on any atom is -0.457 e. The highest BCUT2D eigenvalue weighted by Crippen LogP contribution is 2.25. The lowest BCUT2D eigenvalue weighted by atomic mass is 10.0. The maximum absolute atomic E-state index is 12.9. The summed E-state index contributed by atoms with van der Waals surface area (Å²) in [6, 6.07) is 15.3. The van der Waals surface area contributed by atoms with Gasteiger partial charge in [-0.25, -0.2) is 13.2 Å². The number of carbonyl (C=O) groups is 1. The number of carbonyl (C=O) groups excluding carboxylic acids is 1. The van der Waals surface area contributed by atoms with Crippen molar-refractivity contribution in [3.63, 3.8) is 0 Å². The molecule has 0 saturated carbocycles. The first-order valence-electron chi connectivity index (χ1n) is 13.9. The summed E-state index contributed by atoms with van der Waals surface area (Å²) in [5, 5.41) is 3.13. The van der Waals surface area contributed by atoms with E-state index in [-0.39, 0.29) is 18.4 Å². The second kappa shape index (κ2) is 16.6. The molecular formula is C29H45ClN4O4S. The Morgan fingerprint density at radius 1 is 0.949 bits per heavy atom. The molecule has 1 aliphatic rings. The number of nitrogens with one attached hydrogen (secondary N) is 2. The van der Waals surface area contributed by atoms with Gasteiger partial charge in [0.05, 0.1) is 6.26 Å². The number of nitrogens with zero attached hydrogens (tertiary/aromatic N) is 2. The number of amides is 2. The molecule has 10 heteroatoms. The summed E-state index contributed by atoms with van der Waals surface area (Å²) in [4.78, 5) is 17.4. The smallest absolute Gasteiger partial charge is 0.317 e. The number of urea groups is 1. The lowest BCUT2D eigenvalue weighted by Gasteiger charge is -2.38. The summed E-state index contributed by atoms with van der Waals surface area (Å²) >= 11 is 0. The van der Waals surface area contributed by atoms with Gasteiger partial charge in [0, 0.05) is 44.5 Å². The third kappa shape index (κ3) is 11.6. The zero-order chi connectivity index (χ0) is 27.4. The molecule has 218 valence electrons. The van der Waals surface area contributed by atoms with E-state index in [0.29, 0.717) is 17.5 Å². The standard InChI is InChI=1S/C29H44N4O4S.ClH/c1-4-6-8-20-33(29(34)30-19-7-5-2)26-17-21-32(22-18-26)23-24-9-13-27(14-10-24)37-28-15-11-25(12-16-28)31-38(3,35)36;/h9-16,26,31H,4-8,17-23H2,1-3H3,(H,30,34);1H. The van der Waals surface area contributed by atoms with Crippen molar-refractivity contribution in [1.82, 2.24) is 15.1 Å². The Morgan fingerprint density at radius 2 is 1.54 bits per heavy atom. The van der Waals surface area contributed by atoms with Crippen LogP contribution in [0.2, 0.25) is 0 Å². The van der Waals surface area contributed by atoms with Crippen molar-refractivity contribution in [2.45, 2.75) is 71.4 Å². The monoisotopic (exact) mass is 580 g/mol. The average Bonchev–Trinajstić information content (AvgIpc) is 2.89. The molecule has 0 aliphatic carbocycles. The highest BCUT2D eigenvalue weighted by Gasteiger charge is 2.27. The van der Waals surface area contributed by atoms with Crippen LogP contribution in [0.15, 0.2) is 48.5 Å². The summed E-state index contributed by atoms with van der Waals surface area (Å²) < 4.78 is 31.1. The van der Waals surface area contributed by atoms with Gasteiger partial charge < -0.3 is 15.0 Å². The van der Waals surface area contributed by atoms with Gasteiger partial charge in [-0.1, -0.05) is 45.2 Å². The molecule has 1 fully saturated rings. The van der Waals surface area contributed by atoms with Gasteiger partial charge in [-0.05, 0) is 67.6 Å². The Hall–Kier alpha value is -2.49. The number of rotatable bonds is 14. The summed E-state index contributed by atoms with van der Waals surface area (Å²) in [6.07, 6.45) is 8.60. The van der Waals surface area contributed by atoms with Gasteiger partial charge in [0.2, 0.25) is 10.0 Å². The number of sulfonamides is 1. The summed E-state index contributed by atoms with van der Waals surface area (Å²) in [7, 11) is -3.30. The first kappa shape index (κ1) is 32.7. The molecule has 0 radical (unpaired) electrons. The maximum Gasteiger partial charge on any atom is 0.317 e. The van der Waals surface area contributed by atoms with E-state index < -0.39 is 10.0 Å². The van der Waals surface area contributed by atoms with Crippen molar-refractivity contribution in [2.24, 2.45) is 0 Å². The molecular weight excluding hydrogens is 536 g/mol. The highest BCUT2D eigenvalue weighted by atomic mass is 35.5. The fourth-order valence-electron chi connectivity index (χ4n) is 4.71. The van der Waals surface area contributed by atoms with E-state index in [0.717, 1.165) is 89.7 Å². The second-order valence-corrected chi connectivity index (χ2v) is 11.9. The number of hydrogen-bond donors (Lipinski definition) is 2. The molecule has 2 N–H and O–H groups in total. The van der Waals surface area contributed by atoms with Crippen molar-refractivity contribution >= 4 is 34.1 Å². The predicted molar refractivity (Wildman–Crippen MR) is 162 cm³/mol. The Labute approximate surface area is 240 Å². The van der Waals surface area contributed by atoms with Gasteiger partial charge in [-0.15, -0.1) is 12.4 Å².